The van der Waals surface area contributed by atoms with Crippen molar-refractivity contribution in [2.45, 2.75) is 36.8 Å². The monoisotopic (exact) mass is 414 g/mol. The van der Waals surface area contributed by atoms with Crippen LogP contribution in [0.2, 0.25) is 0 Å². The van der Waals surface area contributed by atoms with Gasteiger partial charge in [0.15, 0.2) is 11.0 Å². The van der Waals surface area contributed by atoms with Gasteiger partial charge < -0.3 is 13.7 Å². The van der Waals surface area contributed by atoms with Crippen LogP contribution in [0.25, 0.3) is 0 Å². The van der Waals surface area contributed by atoms with Gasteiger partial charge in [-0.15, -0.1) is 10.2 Å². The van der Waals surface area contributed by atoms with Crippen LogP contribution >= 0.6 is 11.8 Å². The van der Waals surface area contributed by atoms with Crippen LogP contribution in [-0.2, 0) is 17.0 Å². The number of hydrogen-bond acceptors (Lipinski definition) is 7. The van der Waals surface area contributed by atoms with E-state index in [0.29, 0.717) is 18.1 Å². The van der Waals surface area contributed by atoms with Gasteiger partial charge in [0.2, 0.25) is 5.76 Å². The lowest BCUT2D eigenvalue weighted by Crippen LogP contribution is -2.23. The Morgan fingerprint density at radius 2 is 1.97 bits per heavy atom. The van der Waals surface area contributed by atoms with Crippen LogP contribution in [0, 0.1) is 0 Å². The van der Waals surface area contributed by atoms with Gasteiger partial charge in [-0.05, 0) is 38.2 Å². The fourth-order valence-corrected chi connectivity index (χ4v) is 3.99. The minimum absolute atomic E-state index is 0.176. The highest BCUT2D eigenvalue weighted by molar-refractivity contribution is 7.98. The fraction of sp³-hybridized carbons (Fsp3) is 0.381. The van der Waals surface area contributed by atoms with Crippen LogP contribution in [0.15, 0.2) is 52.0 Å². The maximum absolute atomic E-state index is 11.6. The average molecular weight is 415 g/mol. The Morgan fingerprint density at radius 3 is 2.62 bits per heavy atom. The molecular weight excluding hydrogens is 388 g/mol. The number of rotatable bonds is 9. The van der Waals surface area contributed by atoms with Crippen LogP contribution in [0.3, 0.4) is 0 Å². The molecule has 0 amide bonds. The summed E-state index contributed by atoms with van der Waals surface area (Å²) in [5, 5.41) is 9.78. The molecule has 1 aromatic carbocycles. The van der Waals surface area contributed by atoms with E-state index in [2.05, 4.69) is 52.8 Å². The van der Waals surface area contributed by atoms with E-state index >= 15 is 0 Å². The summed E-state index contributed by atoms with van der Waals surface area (Å²) in [5.74, 6) is 1.90. The van der Waals surface area contributed by atoms with E-state index in [0.717, 1.165) is 17.4 Å². The van der Waals surface area contributed by atoms with Crippen molar-refractivity contribution in [3.05, 3.63) is 65.4 Å². The number of carbonyl (C=O) groups excluding carboxylic acids is 1. The number of methoxy groups -OCH3 is 1. The van der Waals surface area contributed by atoms with Gasteiger partial charge in [-0.2, -0.15) is 0 Å². The molecule has 29 heavy (non-hydrogen) atoms. The molecule has 8 heteroatoms. The normalized spacial score (nSPS) is 12.3. The summed E-state index contributed by atoms with van der Waals surface area (Å²) in [4.78, 5) is 13.7. The minimum Gasteiger partial charge on any atom is -0.463 e. The van der Waals surface area contributed by atoms with Crippen molar-refractivity contribution in [3.8, 4) is 0 Å². The van der Waals surface area contributed by atoms with Crippen molar-refractivity contribution in [2.24, 2.45) is 0 Å². The number of benzene rings is 1. The Balaban J connectivity index is 1.84. The van der Waals surface area contributed by atoms with E-state index < -0.39 is 5.97 Å². The summed E-state index contributed by atoms with van der Waals surface area (Å²) in [7, 11) is 5.45. The van der Waals surface area contributed by atoms with Crippen LogP contribution in [0.4, 0.5) is 0 Å². The fourth-order valence-electron chi connectivity index (χ4n) is 3.15. The zero-order valence-electron chi connectivity index (χ0n) is 17.2. The van der Waals surface area contributed by atoms with Crippen molar-refractivity contribution < 1.29 is 13.9 Å². The minimum atomic E-state index is -0.479. The highest BCUT2D eigenvalue weighted by atomic mass is 32.2. The molecule has 0 spiro atoms. The quantitative estimate of drug-likeness (QED) is 0.387. The summed E-state index contributed by atoms with van der Waals surface area (Å²) in [6.45, 7) is 2.84. The molecule has 2 aromatic heterocycles. The van der Waals surface area contributed by atoms with Crippen molar-refractivity contribution in [1.82, 2.24) is 19.7 Å². The number of hydrogen-bond donors (Lipinski definition) is 0. The molecule has 0 aliphatic heterocycles. The van der Waals surface area contributed by atoms with E-state index in [4.69, 9.17) is 9.15 Å². The molecule has 0 fully saturated rings. The molecule has 3 aromatic rings. The Hall–Kier alpha value is -2.58. The molecule has 3 rings (SSSR count). The second-order valence-corrected chi connectivity index (χ2v) is 7.79. The molecule has 1 atom stereocenters. The number of furan rings is 1. The first-order chi connectivity index (χ1) is 14.0. The first kappa shape index (κ1) is 21.1. The van der Waals surface area contributed by atoms with Gasteiger partial charge in [-0.3, -0.25) is 4.90 Å². The van der Waals surface area contributed by atoms with Gasteiger partial charge in [-0.1, -0.05) is 49.0 Å². The molecule has 0 saturated heterocycles. The number of nitrogens with zero attached hydrogens (tertiary/aromatic N) is 4. The Bertz CT molecular complexity index is 937. The topological polar surface area (TPSA) is 73.4 Å². The van der Waals surface area contributed by atoms with Gasteiger partial charge in [0, 0.05) is 0 Å². The summed E-state index contributed by atoms with van der Waals surface area (Å²) < 4.78 is 12.4. The summed E-state index contributed by atoms with van der Waals surface area (Å²) in [5.41, 5.74) is 1.19. The van der Waals surface area contributed by atoms with Gasteiger partial charge in [0.1, 0.15) is 5.76 Å². The number of esters is 1. The van der Waals surface area contributed by atoms with Gasteiger partial charge in [-0.25, -0.2) is 4.79 Å². The average Bonchev–Trinajstić information content (AvgIpc) is 3.35. The van der Waals surface area contributed by atoms with Gasteiger partial charge in [0.25, 0.3) is 0 Å². The number of thioether (sulfide) groups is 1. The molecule has 1 unspecified atom stereocenters. The van der Waals surface area contributed by atoms with E-state index in [1.165, 1.54) is 24.4 Å². The Labute approximate surface area is 175 Å². The zero-order valence-corrected chi connectivity index (χ0v) is 18.0. The van der Waals surface area contributed by atoms with Crippen LogP contribution in [-0.4, -0.2) is 46.8 Å². The SMILES string of the molecule is CCC(c1nnc(SCc2ccc(C(=O)OC)o2)n1Cc1ccccc1)N(C)C. The Morgan fingerprint density at radius 1 is 1.21 bits per heavy atom. The number of ether oxygens (including phenoxy) is 1. The summed E-state index contributed by atoms with van der Waals surface area (Å²) >= 11 is 1.54. The first-order valence-electron chi connectivity index (χ1n) is 9.46. The molecule has 0 aliphatic rings. The van der Waals surface area contributed by atoms with Crippen molar-refractivity contribution >= 4 is 17.7 Å². The van der Waals surface area contributed by atoms with Crippen LogP contribution in [0.1, 0.15) is 47.1 Å². The predicted molar refractivity (Wildman–Crippen MR) is 112 cm³/mol. The molecular formula is C21H26N4O3S. The third-order valence-electron chi connectivity index (χ3n) is 4.63. The zero-order chi connectivity index (χ0) is 20.8. The predicted octanol–water partition coefficient (Wildman–Crippen LogP) is 4.01. The highest BCUT2D eigenvalue weighted by Crippen LogP contribution is 2.28. The molecule has 2 heterocycles. The number of carbonyl (C=O) groups is 1. The van der Waals surface area contributed by atoms with E-state index in [1.54, 1.807) is 12.1 Å². The number of aromatic nitrogens is 3. The van der Waals surface area contributed by atoms with Gasteiger partial charge >= 0.3 is 5.97 Å². The maximum Gasteiger partial charge on any atom is 0.373 e. The lowest BCUT2D eigenvalue weighted by molar-refractivity contribution is 0.0563. The lowest BCUT2D eigenvalue weighted by atomic mass is 10.2. The molecule has 0 radical (unpaired) electrons. The molecule has 0 N–H and O–H groups in total. The standard InChI is InChI=1S/C21H26N4O3S/c1-5-17(24(2)3)19-22-23-21(25(19)13-15-9-7-6-8-10-15)29-14-16-11-12-18(28-16)20(26)27-4/h6-12,17H,5,13-14H2,1-4H3. The summed E-state index contributed by atoms with van der Waals surface area (Å²) in [6.07, 6.45) is 0.936. The maximum atomic E-state index is 11.6. The van der Waals surface area contributed by atoms with Crippen molar-refractivity contribution in [1.29, 1.82) is 0 Å². The third-order valence-corrected chi connectivity index (χ3v) is 5.62. The molecule has 0 saturated carbocycles. The summed E-state index contributed by atoms with van der Waals surface area (Å²) in [6, 6.07) is 13.9. The second kappa shape index (κ2) is 9.76. The van der Waals surface area contributed by atoms with E-state index in [9.17, 15) is 4.79 Å². The largest absolute Gasteiger partial charge is 0.463 e. The molecule has 0 aliphatic carbocycles. The first-order valence-corrected chi connectivity index (χ1v) is 10.4. The smallest absolute Gasteiger partial charge is 0.373 e. The highest BCUT2D eigenvalue weighted by Gasteiger charge is 2.22. The molecule has 0 bridgehead atoms. The second-order valence-electron chi connectivity index (χ2n) is 6.85. The van der Waals surface area contributed by atoms with E-state index in [1.807, 2.05) is 18.2 Å². The van der Waals surface area contributed by atoms with Gasteiger partial charge in [0.05, 0.1) is 25.4 Å². The van der Waals surface area contributed by atoms with Crippen LogP contribution in [0.5, 0.6) is 0 Å². The Kier molecular flexibility index (Phi) is 7.11. The third kappa shape index (κ3) is 5.07. The molecule has 154 valence electrons. The lowest BCUT2D eigenvalue weighted by Gasteiger charge is -2.23. The van der Waals surface area contributed by atoms with Crippen molar-refractivity contribution in [2.75, 3.05) is 21.2 Å². The van der Waals surface area contributed by atoms with E-state index in [-0.39, 0.29) is 11.8 Å². The van der Waals surface area contributed by atoms with Crippen LogP contribution < -0.4 is 0 Å². The molecule has 7 nitrogen and oxygen atoms in total. The van der Waals surface area contributed by atoms with Crippen molar-refractivity contribution in [3.63, 3.8) is 0 Å².